The summed E-state index contributed by atoms with van der Waals surface area (Å²) in [6.45, 7) is 5.42. The van der Waals surface area contributed by atoms with Crippen LogP contribution in [0.3, 0.4) is 0 Å². The molecule has 8 heteroatoms. The van der Waals surface area contributed by atoms with Crippen molar-refractivity contribution in [1.82, 2.24) is 35.0 Å². The van der Waals surface area contributed by atoms with E-state index in [2.05, 4.69) is 69.9 Å². The molecule has 0 aliphatic rings. The molecular weight excluding hydrogens is 390 g/mol. The van der Waals surface area contributed by atoms with Gasteiger partial charge >= 0.3 is 5.69 Å². The normalized spacial score (nSPS) is 11.2. The second kappa shape index (κ2) is 9.51. The summed E-state index contributed by atoms with van der Waals surface area (Å²) in [7, 11) is 0. The second-order valence-electron chi connectivity index (χ2n) is 7.60. The Kier molecular flexibility index (Phi) is 6.35. The summed E-state index contributed by atoms with van der Waals surface area (Å²) in [6, 6.07) is 16.3. The Morgan fingerprint density at radius 1 is 0.968 bits per heavy atom. The van der Waals surface area contributed by atoms with Gasteiger partial charge < -0.3 is 0 Å². The van der Waals surface area contributed by atoms with Crippen molar-refractivity contribution in [2.75, 3.05) is 0 Å². The molecule has 0 unspecified atom stereocenters. The molecule has 0 amide bonds. The number of aryl methyl sites for hydroxylation is 2. The van der Waals surface area contributed by atoms with Crippen LogP contribution in [0.15, 0.2) is 53.3 Å². The summed E-state index contributed by atoms with van der Waals surface area (Å²) < 4.78 is 3.42. The molecule has 1 N–H and O–H groups in total. The predicted octanol–water partition coefficient (Wildman–Crippen LogP) is 3.69. The van der Waals surface area contributed by atoms with Gasteiger partial charge in [0.1, 0.15) is 5.82 Å². The second-order valence-corrected chi connectivity index (χ2v) is 7.60. The molecule has 0 fully saturated rings. The van der Waals surface area contributed by atoms with Gasteiger partial charge in [-0.3, -0.25) is 4.57 Å². The fourth-order valence-electron chi connectivity index (χ4n) is 3.69. The standard InChI is InChI=1S/C23H27N7O/c1-3-5-15-30-23(31)29(21(26-30)8-4-2)16-17-11-13-18(14-12-17)19-9-6-7-10-20(19)22-24-27-28-25-22/h6-7,9-14H,3-5,8,15-16H2,1-2H3,(H,24,25,27,28). The molecule has 0 saturated carbocycles. The fraction of sp³-hybridized carbons (Fsp3) is 0.348. The number of tetrazole rings is 1. The van der Waals surface area contributed by atoms with Crippen LogP contribution in [0.2, 0.25) is 0 Å². The van der Waals surface area contributed by atoms with Crippen LogP contribution in [0.4, 0.5) is 0 Å². The fourth-order valence-corrected chi connectivity index (χ4v) is 3.69. The molecular formula is C23H27N7O. The maximum absolute atomic E-state index is 12.9. The van der Waals surface area contributed by atoms with E-state index in [0.29, 0.717) is 18.9 Å². The Morgan fingerprint density at radius 2 is 1.74 bits per heavy atom. The van der Waals surface area contributed by atoms with Crippen LogP contribution in [0.25, 0.3) is 22.5 Å². The zero-order chi connectivity index (χ0) is 21.6. The molecule has 0 bridgehead atoms. The average Bonchev–Trinajstić information content (AvgIpc) is 3.43. The van der Waals surface area contributed by atoms with Crippen LogP contribution in [0.5, 0.6) is 0 Å². The summed E-state index contributed by atoms with van der Waals surface area (Å²) in [6.07, 6.45) is 3.74. The van der Waals surface area contributed by atoms with E-state index in [0.717, 1.165) is 53.8 Å². The molecule has 0 spiro atoms. The van der Waals surface area contributed by atoms with Gasteiger partial charge in [-0.25, -0.2) is 14.6 Å². The van der Waals surface area contributed by atoms with Gasteiger partial charge in [0.2, 0.25) is 0 Å². The monoisotopic (exact) mass is 417 g/mol. The number of benzene rings is 2. The quantitative estimate of drug-likeness (QED) is 0.448. The smallest absolute Gasteiger partial charge is 0.274 e. The van der Waals surface area contributed by atoms with Crippen molar-refractivity contribution >= 4 is 0 Å². The van der Waals surface area contributed by atoms with Crippen LogP contribution in [-0.4, -0.2) is 35.0 Å². The molecule has 2 aromatic heterocycles. The third-order valence-electron chi connectivity index (χ3n) is 5.33. The molecule has 2 aromatic carbocycles. The number of aromatic nitrogens is 7. The van der Waals surface area contributed by atoms with Crippen molar-refractivity contribution in [3.8, 4) is 22.5 Å². The summed E-state index contributed by atoms with van der Waals surface area (Å²) in [5.74, 6) is 1.49. The number of hydrogen-bond donors (Lipinski definition) is 1. The lowest BCUT2D eigenvalue weighted by Crippen LogP contribution is -2.26. The maximum atomic E-state index is 12.9. The Balaban J connectivity index is 1.61. The highest BCUT2D eigenvalue weighted by Crippen LogP contribution is 2.29. The summed E-state index contributed by atoms with van der Waals surface area (Å²) in [4.78, 5) is 12.9. The van der Waals surface area contributed by atoms with Crippen molar-refractivity contribution in [3.63, 3.8) is 0 Å². The lowest BCUT2D eigenvalue weighted by molar-refractivity contribution is 0.544. The first-order valence-electron chi connectivity index (χ1n) is 10.8. The minimum Gasteiger partial charge on any atom is -0.274 e. The van der Waals surface area contributed by atoms with Crippen molar-refractivity contribution in [2.24, 2.45) is 0 Å². The predicted molar refractivity (Wildman–Crippen MR) is 120 cm³/mol. The van der Waals surface area contributed by atoms with Crippen molar-refractivity contribution in [1.29, 1.82) is 0 Å². The number of aromatic amines is 1. The van der Waals surface area contributed by atoms with Crippen molar-refractivity contribution in [2.45, 2.75) is 52.6 Å². The zero-order valence-electron chi connectivity index (χ0n) is 18.0. The van der Waals surface area contributed by atoms with Crippen molar-refractivity contribution < 1.29 is 0 Å². The molecule has 0 aliphatic carbocycles. The molecule has 2 heterocycles. The SMILES string of the molecule is CCCCn1nc(CCC)n(Cc2ccc(-c3ccccc3-c3nnn[nH]3)cc2)c1=O. The highest BCUT2D eigenvalue weighted by molar-refractivity contribution is 5.80. The number of H-pyrrole nitrogens is 1. The number of unbranched alkanes of at least 4 members (excludes halogenated alkanes) is 1. The number of hydrogen-bond acceptors (Lipinski definition) is 5. The number of rotatable bonds is 9. The van der Waals surface area contributed by atoms with E-state index < -0.39 is 0 Å². The molecule has 4 rings (SSSR count). The molecule has 4 aromatic rings. The number of nitrogens with zero attached hydrogens (tertiary/aromatic N) is 6. The van der Waals surface area contributed by atoms with Gasteiger partial charge in [0.05, 0.1) is 6.54 Å². The molecule has 160 valence electrons. The largest absolute Gasteiger partial charge is 0.346 e. The molecule has 31 heavy (non-hydrogen) atoms. The minimum atomic E-state index is -0.0239. The number of nitrogens with one attached hydrogen (secondary N) is 1. The first-order valence-corrected chi connectivity index (χ1v) is 10.8. The Hall–Kier alpha value is -3.55. The maximum Gasteiger partial charge on any atom is 0.346 e. The van der Waals surface area contributed by atoms with E-state index in [-0.39, 0.29) is 5.69 Å². The summed E-state index contributed by atoms with van der Waals surface area (Å²) in [5, 5.41) is 18.8. The van der Waals surface area contributed by atoms with Crippen LogP contribution < -0.4 is 5.69 Å². The Morgan fingerprint density at radius 3 is 2.42 bits per heavy atom. The minimum absolute atomic E-state index is 0.0239. The molecule has 0 aliphatic heterocycles. The van der Waals surface area contributed by atoms with E-state index in [1.807, 2.05) is 22.8 Å². The third kappa shape index (κ3) is 4.47. The van der Waals surface area contributed by atoms with Crippen LogP contribution in [0, 0.1) is 0 Å². The van der Waals surface area contributed by atoms with Gasteiger partial charge in [0.25, 0.3) is 0 Å². The van der Waals surface area contributed by atoms with Gasteiger partial charge in [-0.15, -0.1) is 5.10 Å². The molecule has 0 atom stereocenters. The van der Waals surface area contributed by atoms with Gasteiger partial charge in [0, 0.05) is 18.5 Å². The zero-order valence-corrected chi connectivity index (χ0v) is 18.0. The first-order chi connectivity index (χ1) is 15.2. The highest BCUT2D eigenvalue weighted by Gasteiger charge is 2.14. The van der Waals surface area contributed by atoms with Crippen molar-refractivity contribution in [3.05, 3.63) is 70.4 Å². The van der Waals surface area contributed by atoms with Gasteiger partial charge in [-0.2, -0.15) is 5.10 Å². The lowest BCUT2D eigenvalue weighted by atomic mass is 9.98. The lowest BCUT2D eigenvalue weighted by Gasteiger charge is -2.09. The first kappa shape index (κ1) is 20.7. The third-order valence-corrected chi connectivity index (χ3v) is 5.33. The van der Waals surface area contributed by atoms with E-state index in [4.69, 9.17) is 0 Å². The van der Waals surface area contributed by atoms with E-state index in [1.165, 1.54) is 0 Å². The van der Waals surface area contributed by atoms with Crippen LogP contribution in [-0.2, 0) is 19.5 Å². The Bertz CT molecular complexity index is 1170. The summed E-state index contributed by atoms with van der Waals surface area (Å²) in [5.41, 5.74) is 4.10. The van der Waals surface area contributed by atoms with E-state index >= 15 is 0 Å². The molecule has 8 nitrogen and oxygen atoms in total. The van der Waals surface area contributed by atoms with Crippen LogP contribution >= 0.6 is 0 Å². The van der Waals surface area contributed by atoms with E-state index in [1.54, 1.807) is 4.68 Å². The van der Waals surface area contributed by atoms with E-state index in [9.17, 15) is 4.79 Å². The average molecular weight is 418 g/mol. The summed E-state index contributed by atoms with van der Waals surface area (Å²) >= 11 is 0. The highest BCUT2D eigenvalue weighted by atomic mass is 16.2. The van der Waals surface area contributed by atoms with Gasteiger partial charge in [0.15, 0.2) is 5.82 Å². The topological polar surface area (TPSA) is 94.3 Å². The molecule has 0 radical (unpaired) electrons. The molecule has 0 saturated heterocycles. The van der Waals surface area contributed by atoms with Crippen LogP contribution in [0.1, 0.15) is 44.5 Å². The van der Waals surface area contributed by atoms with Gasteiger partial charge in [-0.05, 0) is 40.0 Å². The van der Waals surface area contributed by atoms with Gasteiger partial charge in [-0.1, -0.05) is 68.8 Å². The Labute approximate surface area is 180 Å².